The third-order valence-electron chi connectivity index (χ3n) is 5.38. The van der Waals surface area contributed by atoms with Gasteiger partial charge in [-0.25, -0.2) is 0 Å². The molecule has 0 spiro atoms. The molecule has 0 bridgehead atoms. The summed E-state index contributed by atoms with van der Waals surface area (Å²) in [7, 11) is 0. The van der Waals surface area contributed by atoms with Crippen molar-refractivity contribution in [2.24, 2.45) is 0 Å². The molecular weight excluding hydrogens is 352 g/mol. The number of carbonyl (C=O) groups excluding carboxylic acids is 2. The van der Waals surface area contributed by atoms with Crippen LogP contribution >= 0.6 is 0 Å². The molecule has 0 unspecified atom stereocenters. The fourth-order valence-electron chi connectivity index (χ4n) is 3.59. The standard InChI is InChI=1S/C23H22N2O3/c26-21(20-8-4-15-28-20)25-19-11-9-17(10-12-19)16-24-22(27)23(13-5-14-23)18-6-2-1-3-7-18/h1-4,6-12,15H,5,13-14,16H2,(H,24,27)(H,25,26). The second-order valence-electron chi connectivity index (χ2n) is 7.11. The average molecular weight is 374 g/mol. The topological polar surface area (TPSA) is 71.3 Å². The van der Waals surface area contributed by atoms with Crippen molar-refractivity contribution >= 4 is 17.5 Å². The predicted molar refractivity (Wildman–Crippen MR) is 107 cm³/mol. The number of hydrogen-bond acceptors (Lipinski definition) is 3. The summed E-state index contributed by atoms with van der Waals surface area (Å²) in [5, 5.41) is 5.86. The zero-order valence-electron chi connectivity index (χ0n) is 15.5. The van der Waals surface area contributed by atoms with E-state index in [1.54, 1.807) is 12.1 Å². The fraction of sp³-hybridized carbons (Fsp3) is 0.217. The van der Waals surface area contributed by atoms with Crippen molar-refractivity contribution in [3.8, 4) is 0 Å². The van der Waals surface area contributed by atoms with E-state index in [1.165, 1.54) is 6.26 Å². The van der Waals surface area contributed by atoms with Crippen LogP contribution in [0.4, 0.5) is 5.69 Å². The first-order chi connectivity index (χ1) is 13.7. The third-order valence-corrected chi connectivity index (χ3v) is 5.38. The van der Waals surface area contributed by atoms with Crippen LogP contribution in [0.3, 0.4) is 0 Å². The minimum atomic E-state index is -0.391. The lowest BCUT2D eigenvalue weighted by molar-refractivity contribution is -0.130. The maximum absolute atomic E-state index is 12.9. The van der Waals surface area contributed by atoms with E-state index < -0.39 is 5.41 Å². The first-order valence-electron chi connectivity index (χ1n) is 9.45. The zero-order chi connectivity index (χ0) is 19.4. The molecule has 0 radical (unpaired) electrons. The Morgan fingerprint density at radius 2 is 1.68 bits per heavy atom. The highest BCUT2D eigenvalue weighted by atomic mass is 16.3. The molecule has 1 aromatic heterocycles. The number of nitrogens with one attached hydrogen (secondary N) is 2. The predicted octanol–water partition coefficient (Wildman–Crippen LogP) is 4.27. The number of benzene rings is 2. The van der Waals surface area contributed by atoms with E-state index >= 15 is 0 Å². The maximum Gasteiger partial charge on any atom is 0.291 e. The van der Waals surface area contributed by atoms with Crippen molar-refractivity contribution in [2.45, 2.75) is 31.2 Å². The number of furan rings is 1. The average Bonchev–Trinajstić information content (AvgIpc) is 3.22. The first kappa shape index (κ1) is 18.0. The van der Waals surface area contributed by atoms with Gasteiger partial charge in [-0.05, 0) is 48.2 Å². The van der Waals surface area contributed by atoms with Crippen LogP contribution in [0.15, 0.2) is 77.4 Å². The van der Waals surface area contributed by atoms with Gasteiger partial charge in [-0.1, -0.05) is 48.9 Å². The van der Waals surface area contributed by atoms with Crippen molar-refractivity contribution in [3.05, 3.63) is 89.9 Å². The van der Waals surface area contributed by atoms with Crippen LogP contribution in [0.25, 0.3) is 0 Å². The summed E-state index contributed by atoms with van der Waals surface area (Å²) in [5.41, 5.74) is 2.36. The Morgan fingerprint density at radius 3 is 2.29 bits per heavy atom. The van der Waals surface area contributed by atoms with Gasteiger partial charge in [0, 0.05) is 12.2 Å². The van der Waals surface area contributed by atoms with Crippen LogP contribution in [0.5, 0.6) is 0 Å². The van der Waals surface area contributed by atoms with Crippen LogP contribution in [-0.2, 0) is 16.8 Å². The van der Waals surface area contributed by atoms with E-state index in [0.717, 1.165) is 30.4 Å². The second-order valence-corrected chi connectivity index (χ2v) is 7.11. The van der Waals surface area contributed by atoms with Gasteiger partial charge in [0.25, 0.3) is 5.91 Å². The normalized spacial score (nSPS) is 14.7. The Hall–Kier alpha value is -3.34. The molecule has 4 rings (SSSR count). The quantitative estimate of drug-likeness (QED) is 0.677. The molecule has 142 valence electrons. The molecular formula is C23H22N2O3. The molecule has 0 atom stereocenters. The summed E-state index contributed by atoms with van der Waals surface area (Å²) in [6, 6.07) is 20.7. The lowest BCUT2D eigenvalue weighted by Gasteiger charge is -2.40. The van der Waals surface area contributed by atoms with Crippen molar-refractivity contribution in [3.63, 3.8) is 0 Å². The van der Waals surface area contributed by atoms with E-state index in [0.29, 0.717) is 12.2 Å². The maximum atomic E-state index is 12.9. The largest absolute Gasteiger partial charge is 0.459 e. The SMILES string of the molecule is O=C(Nc1ccc(CNC(=O)C2(c3ccccc3)CCC2)cc1)c1ccco1. The van der Waals surface area contributed by atoms with Crippen LogP contribution in [0, 0.1) is 0 Å². The van der Waals surface area contributed by atoms with Crippen LogP contribution in [0.2, 0.25) is 0 Å². The van der Waals surface area contributed by atoms with Crippen LogP contribution < -0.4 is 10.6 Å². The first-order valence-corrected chi connectivity index (χ1v) is 9.45. The van der Waals surface area contributed by atoms with Gasteiger partial charge in [0.2, 0.25) is 5.91 Å². The minimum absolute atomic E-state index is 0.0835. The zero-order valence-corrected chi connectivity index (χ0v) is 15.5. The molecule has 1 aliphatic rings. The second kappa shape index (κ2) is 7.72. The fourth-order valence-corrected chi connectivity index (χ4v) is 3.59. The van der Waals surface area contributed by atoms with Gasteiger partial charge >= 0.3 is 0 Å². The van der Waals surface area contributed by atoms with E-state index in [9.17, 15) is 9.59 Å². The van der Waals surface area contributed by atoms with Crippen LogP contribution in [0.1, 0.15) is 40.9 Å². The summed E-state index contributed by atoms with van der Waals surface area (Å²) in [6.45, 7) is 0.458. The molecule has 5 nitrogen and oxygen atoms in total. The molecule has 0 saturated heterocycles. The van der Waals surface area contributed by atoms with E-state index in [4.69, 9.17) is 4.42 Å². The van der Waals surface area contributed by atoms with Crippen LogP contribution in [-0.4, -0.2) is 11.8 Å². The van der Waals surface area contributed by atoms with Gasteiger partial charge in [-0.2, -0.15) is 0 Å². The van der Waals surface area contributed by atoms with Crippen molar-refractivity contribution in [1.82, 2.24) is 5.32 Å². The summed E-state index contributed by atoms with van der Waals surface area (Å²) < 4.78 is 5.08. The van der Waals surface area contributed by atoms with Crippen molar-refractivity contribution in [2.75, 3.05) is 5.32 Å². The molecule has 2 N–H and O–H groups in total. The monoisotopic (exact) mass is 374 g/mol. The van der Waals surface area contributed by atoms with Gasteiger partial charge in [0.15, 0.2) is 5.76 Å². The van der Waals surface area contributed by atoms with Crippen molar-refractivity contribution < 1.29 is 14.0 Å². The molecule has 1 fully saturated rings. The number of rotatable bonds is 6. The third kappa shape index (κ3) is 3.56. The van der Waals surface area contributed by atoms with Gasteiger partial charge in [-0.3, -0.25) is 9.59 Å². The molecule has 1 heterocycles. The summed E-state index contributed by atoms with van der Waals surface area (Å²) in [5.74, 6) is 0.0593. The van der Waals surface area contributed by atoms with E-state index in [1.807, 2.05) is 54.6 Å². The molecule has 1 aliphatic carbocycles. The van der Waals surface area contributed by atoms with Gasteiger partial charge < -0.3 is 15.1 Å². The molecule has 3 aromatic rings. The highest BCUT2D eigenvalue weighted by Crippen LogP contribution is 2.43. The summed E-state index contributed by atoms with van der Waals surface area (Å²) in [6.07, 6.45) is 4.32. The molecule has 2 aromatic carbocycles. The highest BCUT2D eigenvalue weighted by Gasteiger charge is 2.45. The Morgan fingerprint density at radius 1 is 0.929 bits per heavy atom. The molecule has 28 heavy (non-hydrogen) atoms. The lowest BCUT2D eigenvalue weighted by atomic mass is 9.64. The van der Waals surface area contributed by atoms with Gasteiger partial charge in [-0.15, -0.1) is 0 Å². The summed E-state index contributed by atoms with van der Waals surface area (Å²) >= 11 is 0. The Balaban J connectivity index is 1.36. The van der Waals surface area contributed by atoms with E-state index in [2.05, 4.69) is 10.6 Å². The molecule has 5 heteroatoms. The van der Waals surface area contributed by atoms with E-state index in [-0.39, 0.29) is 17.6 Å². The number of amides is 2. The molecule has 0 aliphatic heterocycles. The highest BCUT2D eigenvalue weighted by molar-refractivity contribution is 6.02. The smallest absolute Gasteiger partial charge is 0.291 e. The molecule has 2 amide bonds. The molecule has 1 saturated carbocycles. The number of anilines is 1. The Kier molecular flexibility index (Phi) is 4.98. The minimum Gasteiger partial charge on any atom is -0.459 e. The number of hydrogen-bond donors (Lipinski definition) is 2. The van der Waals surface area contributed by atoms with Crippen molar-refractivity contribution in [1.29, 1.82) is 0 Å². The summed E-state index contributed by atoms with van der Waals surface area (Å²) in [4.78, 5) is 24.9. The Labute approximate surface area is 163 Å². The Bertz CT molecular complexity index is 943. The lowest BCUT2D eigenvalue weighted by Crippen LogP contribution is -2.48. The van der Waals surface area contributed by atoms with Gasteiger partial charge in [0.1, 0.15) is 0 Å². The number of carbonyl (C=O) groups is 2. The van der Waals surface area contributed by atoms with Gasteiger partial charge in [0.05, 0.1) is 11.7 Å².